The molecule has 1 fully saturated rings. The van der Waals surface area contributed by atoms with E-state index in [1.165, 1.54) is 25.7 Å². The predicted molar refractivity (Wildman–Crippen MR) is 76.9 cm³/mol. The normalized spacial score (nSPS) is 16.2. The van der Waals surface area contributed by atoms with E-state index in [0.29, 0.717) is 0 Å². The molecule has 2 rings (SSSR count). The molecule has 1 aromatic carbocycles. The molecule has 18 heavy (non-hydrogen) atoms. The lowest BCUT2D eigenvalue weighted by Crippen LogP contribution is -2.06. The number of aliphatic hydroxyl groups is 1. The SMILES string of the molecule is Cc1cc(Br)cc(CO)c1OCCC1CCCC1. The summed E-state index contributed by atoms with van der Waals surface area (Å²) in [6.45, 7) is 2.81. The van der Waals surface area contributed by atoms with Crippen LogP contribution in [-0.4, -0.2) is 11.7 Å². The van der Waals surface area contributed by atoms with Crippen LogP contribution in [0.25, 0.3) is 0 Å². The summed E-state index contributed by atoms with van der Waals surface area (Å²) in [6.07, 6.45) is 6.61. The van der Waals surface area contributed by atoms with Crippen LogP contribution in [-0.2, 0) is 6.61 Å². The van der Waals surface area contributed by atoms with Crippen molar-refractivity contribution in [3.05, 3.63) is 27.7 Å². The lowest BCUT2D eigenvalue weighted by Gasteiger charge is -2.15. The third-order valence-electron chi connectivity index (χ3n) is 3.73. The molecule has 0 aromatic heterocycles. The van der Waals surface area contributed by atoms with E-state index in [1.54, 1.807) is 0 Å². The largest absolute Gasteiger partial charge is 0.493 e. The van der Waals surface area contributed by atoms with Crippen LogP contribution in [0.15, 0.2) is 16.6 Å². The third kappa shape index (κ3) is 3.48. The van der Waals surface area contributed by atoms with Crippen molar-refractivity contribution in [1.29, 1.82) is 0 Å². The third-order valence-corrected chi connectivity index (χ3v) is 4.19. The number of benzene rings is 1. The Kier molecular flexibility index (Phi) is 5.07. The van der Waals surface area contributed by atoms with Crippen LogP contribution in [0.2, 0.25) is 0 Å². The Balaban J connectivity index is 1.95. The molecule has 0 unspecified atom stereocenters. The molecule has 2 nitrogen and oxygen atoms in total. The molecule has 0 radical (unpaired) electrons. The second kappa shape index (κ2) is 6.58. The van der Waals surface area contributed by atoms with Crippen LogP contribution in [0.3, 0.4) is 0 Å². The quantitative estimate of drug-likeness (QED) is 0.882. The Bertz CT molecular complexity index is 398. The van der Waals surface area contributed by atoms with Gasteiger partial charge in [0.25, 0.3) is 0 Å². The second-order valence-corrected chi connectivity index (χ2v) is 6.07. The van der Waals surface area contributed by atoms with E-state index in [0.717, 1.165) is 40.3 Å². The highest BCUT2D eigenvalue weighted by atomic mass is 79.9. The van der Waals surface area contributed by atoms with Crippen LogP contribution < -0.4 is 4.74 Å². The minimum Gasteiger partial charge on any atom is -0.493 e. The fourth-order valence-electron chi connectivity index (χ4n) is 2.75. The van der Waals surface area contributed by atoms with Crippen molar-refractivity contribution in [2.45, 2.75) is 45.6 Å². The zero-order valence-electron chi connectivity index (χ0n) is 10.9. The van der Waals surface area contributed by atoms with Gasteiger partial charge in [-0.25, -0.2) is 0 Å². The maximum absolute atomic E-state index is 9.38. The summed E-state index contributed by atoms with van der Waals surface area (Å²) in [5.41, 5.74) is 1.95. The molecule has 1 saturated carbocycles. The van der Waals surface area contributed by atoms with E-state index in [9.17, 15) is 5.11 Å². The fraction of sp³-hybridized carbons (Fsp3) is 0.600. The van der Waals surface area contributed by atoms with Crippen molar-refractivity contribution in [2.24, 2.45) is 5.92 Å². The molecule has 1 aliphatic carbocycles. The van der Waals surface area contributed by atoms with Crippen molar-refractivity contribution in [1.82, 2.24) is 0 Å². The minimum atomic E-state index is 0.0268. The zero-order chi connectivity index (χ0) is 13.0. The summed E-state index contributed by atoms with van der Waals surface area (Å²) in [6, 6.07) is 3.96. The number of rotatable bonds is 5. The van der Waals surface area contributed by atoms with Gasteiger partial charge >= 0.3 is 0 Å². The van der Waals surface area contributed by atoms with E-state index >= 15 is 0 Å². The van der Waals surface area contributed by atoms with E-state index < -0.39 is 0 Å². The molecule has 0 saturated heterocycles. The van der Waals surface area contributed by atoms with E-state index in [-0.39, 0.29) is 6.61 Å². The van der Waals surface area contributed by atoms with Gasteiger partial charge in [-0.1, -0.05) is 41.6 Å². The van der Waals surface area contributed by atoms with Gasteiger partial charge in [-0.05, 0) is 37.0 Å². The van der Waals surface area contributed by atoms with Gasteiger partial charge in [0, 0.05) is 10.0 Å². The van der Waals surface area contributed by atoms with Crippen LogP contribution in [0.1, 0.15) is 43.2 Å². The number of halogens is 1. The Hall–Kier alpha value is -0.540. The molecule has 3 heteroatoms. The van der Waals surface area contributed by atoms with Gasteiger partial charge < -0.3 is 9.84 Å². The number of aliphatic hydroxyl groups excluding tert-OH is 1. The Morgan fingerprint density at radius 2 is 2.06 bits per heavy atom. The molecule has 1 aliphatic rings. The number of hydrogen-bond donors (Lipinski definition) is 1. The van der Waals surface area contributed by atoms with Crippen molar-refractivity contribution in [3.63, 3.8) is 0 Å². The Morgan fingerprint density at radius 1 is 1.33 bits per heavy atom. The topological polar surface area (TPSA) is 29.5 Å². The maximum Gasteiger partial charge on any atom is 0.127 e. The molecule has 0 spiro atoms. The summed E-state index contributed by atoms with van der Waals surface area (Å²) in [5, 5.41) is 9.38. The van der Waals surface area contributed by atoms with E-state index in [1.807, 2.05) is 19.1 Å². The first-order valence-corrected chi connectivity index (χ1v) is 7.52. The van der Waals surface area contributed by atoms with Crippen molar-refractivity contribution >= 4 is 15.9 Å². The van der Waals surface area contributed by atoms with Gasteiger partial charge in [-0.3, -0.25) is 0 Å². The van der Waals surface area contributed by atoms with Gasteiger partial charge in [0.05, 0.1) is 13.2 Å². The van der Waals surface area contributed by atoms with Gasteiger partial charge in [0.15, 0.2) is 0 Å². The van der Waals surface area contributed by atoms with Gasteiger partial charge in [0.2, 0.25) is 0 Å². The molecule has 1 N–H and O–H groups in total. The summed E-state index contributed by atoms with van der Waals surface area (Å²) in [4.78, 5) is 0. The van der Waals surface area contributed by atoms with Crippen LogP contribution in [0, 0.1) is 12.8 Å². The zero-order valence-corrected chi connectivity index (χ0v) is 12.5. The molecule has 0 bridgehead atoms. The summed E-state index contributed by atoms with van der Waals surface area (Å²) < 4.78 is 6.89. The van der Waals surface area contributed by atoms with Crippen molar-refractivity contribution in [3.8, 4) is 5.75 Å². The van der Waals surface area contributed by atoms with Gasteiger partial charge in [-0.2, -0.15) is 0 Å². The first-order chi connectivity index (χ1) is 8.70. The molecule has 0 aliphatic heterocycles. The van der Waals surface area contributed by atoms with Crippen molar-refractivity contribution < 1.29 is 9.84 Å². The molecule has 0 atom stereocenters. The summed E-state index contributed by atoms with van der Waals surface area (Å²) in [7, 11) is 0. The van der Waals surface area contributed by atoms with Gasteiger partial charge in [0.1, 0.15) is 5.75 Å². The standard InChI is InChI=1S/C15H21BrO2/c1-11-8-14(16)9-13(10-17)15(11)18-7-6-12-4-2-3-5-12/h8-9,12,17H,2-7,10H2,1H3. The molecular weight excluding hydrogens is 292 g/mol. The van der Waals surface area contributed by atoms with Crippen molar-refractivity contribution in [2.75, 3.05) is 6.61 Å². The molecule has 100 valence electrons. The summed E-state index contributed by atoms with van der Waals surface area (Å²) in [5.74, 6) is 1.71. The lowest BCUT2D eigenvalue weighted by molar-refractivity contribution is 0.250. The summed E-state index contributed by atoms with van der Waals surface area (Å²) >= 11 is 3.44. The number of hydrogen-bond acceptors (Lipinski definition) is 2. The first-order valence-electron chi connectivity index (χ1n) is 6.73. The minimum absolute atomic E-state index is 0.0268. The predicted octanol–water partition coefficient (Wildman–Crippen LogP) is 4.21. The Labute approximate surface area is 117 Å². The lowest BCUT2D eigenvalue weighted by atomic mass is 10.1. The average molecular weight is 313 g/mol. The number of aryl methyl sites for hydroxylation is 1. The van der Waals surface area contributed by atoms with Crippen LogP contribution >= 0.6 is 15.9 Å². The van der Waals surface area contributed by atoms with E-state index in [4.69, 9.17) is 4.74 Å². The average Bonchev–Trinajstić information content (AvgIpc) is 2.84. The monoisotopic (exact) mass is 312 g/mol. The highest BCUT2D eigenvalue weighted by molar-refractivity contribution is 9.10. The molecule has 0 heterocycles. The molecule has 0 amide bonds. The highest BCUT2D eigenvalue weighted by Gasteiger charge is 2.15. The smallest absolute Gasteiger partial charge is 0.127 e. The van der Waals surface area contributed by atoms with Gasteiger partial charge in [-0.15, -0.1) is 0 Å². The molecule has 1 aromatic rings. The second-order valence-electron chi connectivity index (χ2n) is 5.16. The highest BCUT2D eigenvalue weighted by Crippen LogP contribution is 2.30. The maximum atomic E-state index is 9.38. The first kappa shape index (κ1) is 13.9. The Morgan fingerprint density at radius 3 is 2.72 bits per heavy atom. The molecular formula is C15H21BrO2. The van der Waals surface area contributed by atoms with Crippen LogP contribution in [0.5, 0.6) is 5.75 Å². The fourth-order valence-corrected chi connectivity index (χ4v) is 3.37. The van der Waals surface area contributed by atoms with Crippen LogP contribution in [0.4, 0.5) is 0 Å². The number of ether oxygens (including phenoxy) is 1. The van der Waals surface area contributed by atoms with E-state index in [2.05, 4.69) is 15.9 Å².